The van der Waals surface area contributed by atoms with Crippen LogP contribution in [0.1, 0.15) is 19.2 Å². The molecular formula is C11H12ClN3O. The normalized spacial score (nSPS) is 19.8. The fourth-order valence-corrected chi connectivity index (χ4v) is 2.15. The average molecular weight is 238 g/mol. The quantitative estimate of drug-likeness (QED) is 0.766. The summed E-state index contributed by atoms with van der Waals surface area (Å²) in [5.74, 6) is 2.98. The third-order valence-corrected chi connectivity index (χ3v) is 3.09. The molecule has 0 bridgehead atoms. The molecule has 3 heterocycles. The number of rotatable bonds is 1. The molecule has 0 fully saturated rings. The summed E-state index contributed by atoms with van der Waals surface area (Å²) in [7, 11) is 0. The molecule has 0 amide bonds. The Kier molecular flexibility index (Phi) is 2.24. The van der Waals surface area contributed by atoms with Gasteiger partial charge in [0.05, 0.1) is 0 Å². The van der Waals surface area contributed by atoms with Gasteiger partial charge >= 0.3 is 0 Å². The number of nitrogens with zero attached hydrogens (tertiary/aromatic N) is 3. The maximum Gasteiger partial charge on any atom is 0.217 e. The molecule has 0 aliphatic carbocycles. The SMILES string of the molecule is CC1CCc2nc(-c3ccc(Cl)o3)nn2C1. The zero-order valence-corrected chi connectivity index (χ0v) is 9.74. The van der Waals surface area contributed by atoms with Crippen LogP contribution < -0.4 is 0 Å². The molecule has 0 saturated heterocycles. The molecular weight excluding hydrogens is 226 g/mol. The summed E-state index contributed by atoms with van der Waals surface area (Å²) in [4.78, 5) is 4.47. The van der Waals surface area contributed by atoms with E-state index in [1.807, 2.05) is 4.68 Å². The van der Waals surface area contributed by atoms with Gasteiger partial charge in [-0.15, -0.1) is 5.10 Å². The molecule has 2 aromatic heterocycles. The Hall–Kier alpha value is -1.29. The fourth-order valence-electron chi connectivity index (χ4n) is 2.01. The van der Waals surface area contributed by atoms with Crippen molar-refractivity contribution in [3.63, 3.8) is 0 Å². The Morgan fingerprint density at radius 2 is 2.38 bits per heavy atom. The van der Waals surface area contributed by atoms with Crippen LogP contribution in [0, 0.1) is 5.92 Å². The van der Waals surface area contributed by atoms with Gasteiger partial charge in [-0.25, -0.2) is 9.67 Å². The summed E-state index contributed by atoms with van der Waals surface area (Å²) in [5.41, 5.74) is 0. The number of halogens is 1. The van der Waals surface area contributed by atoms with Crippen molar-refractivity contribution in [2.75, 3.05) is 0 Å². The molecule has 1 aliphatic rings. The average Bonchev–Trinajstić information content (AvgIpc) is 2.83. The monoisotopic (exact) mass is 237 g/mol. The minimum atomic E-state index is 0.371. The first kappa shape index (κ1) is 9.90. The van der Waals surface area contributed by atoms with Crippen LogP contribution in [0.3, 0.4) is 0 Å². The smallest absolute Gasteiger partial charge is 0.217 e. The highest BCUT2D eigenvalue weighted by molar-refractivity contribution is 6.28. The van der Waals surface area contributed by atoms with Crippen LogP contribution in [-0.4, -0.2) is 14.8 Å². The van der Waals surface area contributed by atoms with Gasteiger partial charge in [0, 0.05) is 13.0 Å². The molecule has 4 nitrogen and oxygen atoms in total. The Labute approximate surface area is 98.2 Å². The highest BCUT2D eigenvalue weighted by Gasteiger charge is 2.20. The third kappa shape index (κ3) is 1.63. The predicted molar refractivity (Wildman–Crippen MR) is 60.2 cm³/mol. The van der Waals surface area contributed by atoms with Gasteiger partial charge in [-0.3, -0.25) is 0 Å². The summed E-state index contributed by atoms with van der Waals surface area (Å²) in [6, 6.07) is 3.51. The van der Waals surface area contributed by atoms with Crippen molar-refractivity contribution in [2.45, 2.75) is 26.3 Å². The summed E-state index contributed by atoms with van der Waals surface area (Å²) >= 11 is 5.73. The minimum Gasteiger partial charge on any atom is -0.441 e. The maximum absolute atomic E-state index is 5.73. The number of furan rings is 1. The summed E-state index contributed by atoms with van der Waals surface area (Å²) in [5, 5.41) is 4.81. The first-order valence-corrected chi connectivity index (χ1v) is 5.79. The third-order valence-electron chi connectivity index (χ3n) is 2.89. The molecule has 0 radical (unpaired) electrons. The molecule has 1 unspecified atom stereocenters. The number of aryl methyl sites for hydroxylation is 1. The highest BCUT2D eigenvalue weighted by atomic mass is 35.5. The lowest BCUT2D eigenvalue weighted by Gasteiger charge is -2.17. The number of aromatic nitrogens is 3. The Bertz CT molecular complexity index is 517. The lowest BCUT2D eigenvalue weighted by atomic mass is 10.0. The lowest BCUT2D eigenvalue weighted by Crippen LogP contribution is -2.18. The molecule has 0 N–H and O–H groups in total. The van der Waals surface area contributed by atoms with E-state index < -0.39 is 0 Å². The van der Waals surface area contributed by atoms with Gasteiger partial charge in [-0.2, -0.15) is 0 Å². The van der Waals surface area contributed by atoms with Gasteiger partial charge in [0.15, 0.2) is 11.0 Å². The second-order valence-corrected chi connectivity index (χ2v) is 4.65. The van der Waals surface area contributed by atoms with E-state index in [9.17, 15) is 0 Å². The van der Waals surface area contributed by atoms with Gasteiger partial charge in [0.1, 0.15) is 5.82 Å². The van der Waals surface area contributed by atoms with Crippen LogP contribution >= 0.6 is 11.6 Å². The Balaban J connectivity index is 1.98. The molecule has 0 spiro atoms. The van der Waals surface area contributed by atoms with Crippen molar-refractivity contribution in [1.29, 1.82) is 0 Å². The van der Waals surface area contributed by atoms with E-state index in [0.717, 1.165) is 18.8 Å². The van der Waals surface area contributed by atoms with E-state index >= 15 is 0 Å². The van der Waals surface area contributed by atoms with E-state index in [-0.39, 0.29) is 0 Å². The highest BCUT2D eigenvalue weighted by Crippen LogP contribution is 2.24. The second kappa shape index (κ2) is 3.63. The molecule has 1 aliphatic heterocycles. The Morgan fingerprint density at radius 3 is 3.12 bits per heavy atom. The van der Waals surface area contributed by atoms with Crippen LogP contribution in [0.25, 0.3) is 11.6 Å². The van der Waals surface area contributed by atoms with Crippen LogP contribution in [0.15, 0.2) is 16.5 Å². The van der Waals surface area contributed by atoms with E-state index in [1.54, 1.807) is 12.1 Å². The Morgan fingerprint density at radius 1 is 1.50 bits per heavy atom. The molecule has 0 aromatic carbocycles. The van der Waals surface area contributed by atoms with Crippen LogP contribution in [0.5, 0.6) is 0 Å². The van der Waals surface area contributed by atoms with Crippen LogP contribution in [0.2, 0.25) is 5.22 Å². The van der Waals surface area contributed by atoms with E-state index in [2.05, 4.69) is 17.0 Å². The second-order valence-electron chi connectivity index (χ2n) is 4.28. The zero-order valence-electron chi connectivity index (χ0n) is 8.98. The molecule has 3 rings (SSSR count). The lowest BCUT2D eigenvalue weighted by molar-refractivity contribution is 0.368. The van der Waals surface area contributed by atoms with E-state index in [4.69, 9.17) is 16.0 Å². The first-order valence-electron chi connectivity index (χ1n) is 5.42. The van der Waals surface area contributed by atoms with Crippen molar-refractivity contribution in [3.05, 3.63) is 23.2 Å². The van der Waals surface area contributed by atoms with Gasteiger partial charge in [-0.1, -0.05) is 6.92 Å². The van der Waals surface area contributed by atoms with Gasteiger partial charge < -0.3 is 4.42 Å². The standard InChI is InChI=1S/C11H12ClN3O/c1-7-2-5-10-13-11(14-15(10)6-7)8-3-4-9(12)16-8/h3-4,7H,2,5-6H2,1H3. The molecule has 16 heavy (non-hydrogen) atoms. The topological polar surface area (TPSA) is 43.9 Å². The minimum absolute atomic E-state index is 0.371. The van der Waals surface area contributed by atoms with Gasteiger partial charge in [0.25, 0.3) is 0 Å². The van der Waals surface area contributed by atoms with Crippen LogP contribution in [0.4, 0.5) is 0 Å². The molecule has 84 valence electrons. The van der Waals surface area contributed by atoms with Gasteiger partial charge in [0.2, 0.25) is 5.82 Å². The van der Waals surface area contributed by atoms with Crippen molar-refractivity contribution in [2.24, 2.45) is 5.92 Å². The van der Waals surface area contributed by atoms with E-state index in [1.165, 1.54) is 6.42 Å². The molecule has 5 heteroatoms. The summed E-state index contributed by atoms with van der Waals surface area (Å²) in [6.45, 7) is 3.17. The van der Waals surface area contributed by atoms with Crippen LogP contribution in [-0.2, 0) is 13.0 Å². The molecule has 0 saturated carbocycles. The predicted octanol–water partition coefficient (Wildman–Crippen LogP) is 2.77. The number of hydrogen-bond donors (Lipinski definition) is 0. The van der Waals surface area contributed by atoms with Crippen molar-refractivity contribution in [1.82, 2.24) is 14.8 Å². The fraction of sp³-hybridized carbons (Fsp3) is 0.455. The summed E-state index contributed by atoms with van der Waals surface area (Å²) < 4.78 is 7.27. The summed E-state index contributed by atoms with van der Waals surface area (Å²) in [6.07, 6.45) is 2.17. The van der Waals surface area contributed by atoms with E-state index in [0.29, 0.717) is 22.7 Å². The van der Waals surface area contributed by atoms with Crippen molar-refractivity contribution >= 4 is 11.6 Å². The number of fused-ring (bicyclic) bond motifs is 1. The van der Waals surface area contributed by atoms with Crippen molar-refractivity contribution in [3.8, 4) is 11.6 Å². The molecule has 1 atom stereocenters. The zero-order chi connectivity index (χ0) is 11.1. The number of hydrogen-bond acceptors (Lipinski definition) is 3. The van der Waals surface area contributed by atoms with Gasteiger partial charge in [-0.05, 0) is 36.1 Å². The maximum atomic E-state index is 5.73. The first-order chi connectivity index (χ1) is 7.72. The van der Waals surface area contributed by atoms with Crippen molar-refractivity contribution < 1.29 is 4.42 Å². The largest absolute Gasteiger partial charge is 0.441 e. The molecule has 2 aromatic rings.